The monoisotopic (exact) mass is 238 g/mol. The number of hydrogen-bond donors (Lipinski definition) is 1. The highest BCUT2D eigenvalue weighted by atomic mass is 35.5. The zero-order valence-electron chi connectivity index (χ0n) is 7.38. The Bertz CT molecular complexity index is 366. The average molecular weight is 239 g/mol. The lowest BCUT2D eigenvalue weighted by molar-refractivity contribution is -0.763. The number of rotatable bonds is 1. The van der Waals surface area contributed by atoms with E-state index in [4.69, 9.17) is 5.41 Å². The summed E-state index contributed by atoms with van der Waals surface area (Å²) in [5.74, 6) is 1.32. The Labute approximate surface area is 89.2 Å². The Balaban J connectivity index is 0.000000980. The molecule has 1 aliphatic heterocycles. The van der Waals surface area contributed by atoms with Gasteiger partial charge in [0.25, 0.3) is 11.8 Å². The molecule has 0 aromatic carbocycles. The second-order valence-corrected chi connectivity index (χ2v) is 4.48. The number of nitrogens with one attached hydrogen (secondary N) is 1. The first-order valence-corrected chi connectivity index (χ1v) is 5.45. The van der Waals surface area contributed by atoms with E-state index in [9.17, 15) is 4.21 Å². The minimum atomic E-state index is -0.688. The molecule has 1 aliphatic rings. The molecule has 0 spiro atoms. The predicted molar refractivity (Wildman–Crippen MR) is 51.2 cm³/mol. The van der Waals surface area contributed by atoms with Crippen LogP contribution in [0.1, 0.15) is 0 Å². The molecule has 1 aromatic rings. The van der Waals surface area contributed by atoms with Gasteiger partial charge < -0.3 is 4.52 Å². The summed E-state index contributed by atoms with van der Waals surface area (Å²) in [4.78, 5) is 1.50. The first-order chi connectivity index (χ1) is 6.25. The van der Waals surface area contributed by atoms with Crippen molar-refractivity contribution in [2.75, 3.05) is 29.6 Å². The molecule has 2 heterocycles. The number of aromatic nitrogens is 2. The maximum atomic E-state index is 11.0. The van der Waals surface area contributed by atoms with Crippen LogP contribution in [0.25, 0.3) is 0 Å². The molecule has 1 aromatic heterocycles. The second-order valence-electron chi connectivity index (χ2n) is 2.79. The normalized spacial score (nSPS) is 17.9. The van der Waals surface area contributed by atoms with Crippen molar-refractivity contribution >= 4 is 23.2 Å². The van der Waals surface area contributed by atoms with Crippen LogP contribution in [-0.2, 0) is 10.8 Å². The topological polar surface area (TPSA) is 75.3 Å². The highest BCUT2D eigenvalue weighted by Gasteiger charge is 2.15. The highest BCUT2D eigenvalue weighted by molar-refractivity contribution is 7.85. The maximum Gasteiger partial charge on any atom is 0.286 e. The summed E-state index contributed by atoms with van der Waals surface area (Å²) in [5.41, 5.74) is 0.0340. The molecular weight excluding hydrogens is 228 g/mol. The van der Waals surface area contributed by atoms with E-state index in [1.54, 1.807) is 0 Å². The minimum absolute atomic E-state index is 0. The van der Waals surface area contributed by atoms with E-state index in [1.165, 1.54) is 11.0 Å². The quantitative estimate of drug-likeness (QED) is 0.582. The van der Waals surface area contributed by atoms with Crippen molar-refractivity contribution in [3.8, 4) is 0 Å². The fourth-order valence-corrected chi connectivity index (χ4v) is 2.24. The summed E-state index contributed by atoms with van der Waals surface area (Å²) in [6, 6.07) is 0. The van der Waals surface area contributed by atoms with Crippen molar-refractivity contribution in [2.24, 2.45) is 0 Å². The summed E-state index contributed by atoms with van der Waals surface area (Å²) >= 11 is 0. The zero-order chi connectivity index (χ0) is 9.26. The fourth-order valence-electron chi connectivity index (χ4n) is 1.20. The predicted octanol–water partition coefficient (Wildman–Crippen LogP) is -1.87. The average Bonchev–Trinajstić information content (AvgIpc) is 2.53. The van der Waals surface area contributed by atoms with Gasteiger partial charge in [-0.2, -0.15) is 0 Å². The highest BCUT2D eigenvalue weighted by Crippen LogP contribution is 1.92. The van der Waals surface area contributed by atoms with Crippen LogP contribution < -0.4 is 20.6 Å². The molecular formula is C6H11ClN4O2S. The first kappa shape index (κ1) is 11.3. The van der Waals surface area contributed by atoms with Gasteiger partial charge in [-0.3, -0.25) is 14.6 Å². The van der Waals surface area contributed by atoms with Crippen LogP contribution in [0.15, 0.2) is 10.7 Å². The Morgan fingerprint density at radius 1 is 1.57 bits per heavy atom. The van der Waals surface area contributed by atoms with Crippen LogP contribution >= 0.6 is 12.4 Å². The van der Waals surface area contributed by atoms with E-state index in [0.717, 1.165) is 0 Å². The Morgan fingerprint density at radius 3 is 2.71 bits per heavy atom. The van der Waals surface area contributed by atoms with Crippen molar-refractivity contribution in [1.82, 2.24) is 5.27 Å². The van der Waals surface area contributed by atoms with Gasteiger partial charge in [-0.1, -0.05) is 4.79 Å². The molecule has 1 saturated heterocycles. The molecule has 0 unspecified atom stereocenters. The molecule has 1 fully saturated rings. The minimum Gasteiger partial charge on any atom is -0.380 e. The van der Waals surface area contributed by atoms with Crippen LogP contribution in [0.5, 0.6) is 0 Å². The summed E-state index contributed by atoms with van der Waals surface area (Å²) in [6.45, 7) is 1.40. The molecule has 1 N–H and O–H groups in total. The van der Waals surface area contributed by atoms with Crippen molar-refractivity contribution in [3.05, 3.63) is 11.8 Å². The van der Waals surface area contributed by atoms with E-state index in [0.29, 0.717) is 24.6 Å². The SMILES string of the molecule is Cl.N=c1c[n+](N2CCS(=O)CC2)[n-]o1. The van der Waals surface area contributed by atoms with Gasteiger partial charge in [0, 0.05) is 35.4 Å². The van der Waals surface area contributed by atoms with Crippen LogP contribution in [0, 0.1) is 5.41 Å². The molecule has 0 bridgehead atoms. The van der Waals surface area contributed by atoms with Crippen LogP contribution in [0.3, 0.4) is 0 Å². The van der Waals surface area contributed by atoms with E-state index in [1.807, 2.05) is 5.01 Å². The number of hydrogen-bond acceptors (Lipinski definition) is 4. The molecule has 14 heavy (non-hydrogen) atoms. The molecule has 0 saturated carbocycles. The maximum absolute atomic E-state index is 11.0. The van der Waals surface area contributed by atoms with E-state index in [-0.39, 0.29) is 18.0 Å². The molecule has 80 valence electrons. The summed E-state index contributed by atoms with van der Waals surface area (Å²) in [6.07, 6.45) is 1.49. The van der Waals surface area contributed by atoms with Gasteiger partial charge in [-0.15, -0.1) is 12.4 Å². The van der Waals surface area contributed by atoms with Gasteiger partial charge in [-0.25, -0.2) is 0 Å². The molecule has 2 rings (SSSR count). The molecule has 0 aliphatic carbocycles. The van der Waals surface area contributed by atoms with Crippen LogP contribution in [0.4, 0.5) is 0 Å². The molecule has 8 heteroatoms. The van der Waals surface area contributed by atoms with Gasteiger partial charge in [0.05, 0.1) is 0 Å². The number of halogens is 1. The molecule has 0 radical (unpaired) electrons. The van der Waals surface area contributed by atoms with Gasteiger partial charge in [0.15, 0.2) is 0 Å². The van der Waals surface area contributed by atoms with Gasteiger partial charge in [0.1, 0.15) is 0 Å². The van der Waals surface area contributed by atoms with Crippen molar-refractivity contribution in [2.45, 2.75) is 0 Å². The van der Waals surface area contributed by atoms with Crippen LogP contribution in [-0.4, -0.2) is 28.8 Å². The lowest BCUT2D eigenvalue weighted by atomic mass is 10.6. The molecule has 0 amide bonds. The standard InChI is InChI=1S/C6H10N4O2S.ClH/c7-6-5-10(8-12-6)9-1-3-13(11)4-2-9;/h5,7H,1-4H2;1H. The second kappa shape index (κ2) is 4.61. The van der Waals surface area contributed by atoms with Crippen LogP contribution in [0.2, 0.25) is 0 Å². The lowest BCUT2D eigenvalue weighted by Gasteiger charge is -2.25. The Morgan fingerprint density at radius 2 is 2.21 bits per heavy atom. The van der Waals surface area contributed by atoms with E-state index in [2.05, 4.69) is 9.79 Å². The Hall–Kier alpha value is -0.820. The summed E-state index contributed by atoms with van der Waals surface area (Å²) < 4.78 is 15.6. The largest absolute Gasteiger partial charge is 0.380 e. The van der Waals surface area contributed by atoms with Crippen molar-refractivity contribution in [3.63, 3.8) is 0 Å². The zero-order valence-corrected chi connectivity index (χ0v) is 9.01. The lowest BCUT2D eigenvalue weighted by Crippen LogP contribution is -2.64. The third kappa shape index (κ3) is 2.36. The third-order valence-corrected chi connectivity index (χ3v) is 3.18. The fraction of sp³-hybridized carbons (Fsp3) is 0.667. The summed E-state index contributed by atoms with van der Waals surface area (Å²) in [7, 11) is -0.688. The smallest absolute Gasteiger partial charge is 0.286 e. The van der Waals surface area contributed by atoms with Crippen molar-refractivity contribution in [1.29, 1.82) is 5.41 Å². The number of nitrogens with zero attached hydrogens (tertiary/aromatic N) is 3. The van der Waals surface area contributed by atoms with Gasteiger partial charge in [0.2, 0.25) is 0 Å². The van der Waals surface area contributed by atoms with E-state index < -0.39 is 10.8 Å². The molecule has 0 atom stereocenters. The Kier molecular flexibility index (Phi) is 3.70. The van der Waals surface area contributed by atoms with Crippen molar-refractivity contribution < 1.29 is 13.5 Å². The third-order valence-electron chi connectivity index (χ3n) is 1.90. The van der Waals surface area contributed by atoms with E-state index >= 15 is 0 Å². The van der Waals surface area contributed by atoms with Gasteiger partial charge >= 0.3 is 0 Å². The first-order valence-electron chi connectivity index (χ1n) is 3.96. The molecule has 6 nitrogen and oxygen atoms in total. The summed E-state index contributed by atoms with van der Waals surface area (Å²) in [5, 5.41) is 12.7. The van der Waals surface area contributed by atoms with Gasteiger partial charge in [-0.05, 0) is 5.27 Å².